The van der Waals surface area contributed by atoms with Crippen LogP contribution in [0.2, 0.25) is 0 Å². The van der Waals surface area contributed by atoms with E-state index in [0.29, 0.717) is 49.2 Å². The van der Waals surface area contributed by atoms with Crippen molar-refractivity contribution < 1.29 is 24.4 Å². The second-order valence-corrected chi connectivity index (χ2v) is 11.1. The number of rotatable bonds is 20. The molecule has 0 amide bonds. The highest BCUT2D eigenvalue weighted by molar-refractivity contribution is 5.41. The lowest BCUT2D eigenvalue weighted by Crippen LogP contribution is -2.20. The molecule has 2 N–H and O–H groups in total. The summed E-state index contributed by atoms with van der Waals surface area (Å²) in [6, 6.07) is 5.14. The number of hydrogen-bond acceptors (Lipinski definition) is 5. The molecule has 5 unspecified atom stereocenters. The maximum atomic E-state index is 10.3. The van der Waals surface area contributed by atoms with E-state index in [0.717, 1.165) is 25.0 Å². The van der Waals surface area contributed by atoms with E-state index in [9.17, 15) is 10.2 Å². The van der Waals surface area contributed by atoms with Crippen LogP contribution in [0.15, 0.2) is 29.8 Å². The molecular formula is C31H54O5. The molecule has 1 aromatic rings. The maximum Gasteiger partial charge on any atom is 0.160 e. The second kappa shape index (κ2) is 18.6. The van der Waals surface area contributed by atoms with Crippen molar-refractivity contribution in [1.82, 2.24) is 0 Å². The average Bonchev–Trinajstić information content (AvgIpc) is 2.82. The highest BCUT2D eigenvalue weighted by atomic mass is 16.5. The predicted octanol–water partition coefficient (Wildman–Crippen LogP) is 7.33. The fourth-order valence-corrected chi connectivity index (χ4v) is 4.27. The lowest BCUT2D eigenvalue weighted by molar-refractivity contribution is 0.0195. The fraction of sp³-hybridized carbons (Fsp3) is 0.742. The van der Waals surface area contributed by atoms with Crippen LogP contribution in [0.1, 0.15) is 92.1 Å². The minimum absolute atomic E-state index is 0.105. The molecule has 5 atom stereocenters. The van der Waals surface area contributed by atoms with Gasteiger partial charge in [0.1, 0.15) is 0 Å². The van der Waals surface area contributed by atoms with Crippen molar-refractivity contribution in [2.45, 2.75) is 105 Å². The van der Waals surface area contributed by atoms with Gasteiger partial charge in [-0.05, 0) is 88.3 Å². The van der Waals surface area contributed by atoms with Crippen LogP contribution in [0.3, 0.4) is 0 Å². The monoisotopic (exact) mass is 506 g/mol. The molecule has 5 nitrogen and oxygen atoms in total. The third kappa shape index (κ3) is 14.9. The Morgan fingerprint density at radius 2 is 1.64 bits per heavy atom. The van der Waals surface area contributed by atoms with Crippen molar-refractivity contribution >= 4 is 0 Å². The number of aliphatic hydroxyl groups is 1. The zero-order valence-corrected chi connectivity index (χ0v) is 24.1. The van der Waals surface area contributed by atoms with E-state index in [2.05, 4.69) is 47.6 Å². The van der Waals surface area contributed by atoms with Gasteiger partial charge in [-0.1, -0.05) is 51.3 Å². The smallest absolute Gasteiger partial charge is 0.160 e. The molecule has 0 aromatic heterocycles. The number of hydrogen-bond donors (Lipinski definition) is 2. The van der Waals surface area contributed by atoms with Crippen LogP contribution < -0.4 is 4.74 Å². The fourth-order valence-electron chi connectivity index (χ4n) is 4.27. The van der Waals surface area contributed by atoms with Gasteiger partial charge in [0.15, 0.2) is 11.5 Å². The summed E-state index contributed by atoms with van der Waals surface area (Å²) in [6.45, 7) is 15.3. The number of phenols is 1. The number of aromatic hydroxyl groups is 1. The minimum atomic E-state index is -0.572. The van der Waals surface area contributed by atoms with Gasteiger partial charge in [0.05, 0.1) is 25.9 Å². The molecule has 1 rings (SSSR count). The molecule has 0 aliphatic heterocycles. The summed E-state index contributed by atoms with van der Waals surface area (Å²) in [5.74, 6) is 2.42. The van der Waals surface area contributed by atoms with Crippen LogP contribution in [-0.4, -0.2) is 49.4 Å². The highest BCUT2D eigenvalue weighted by Gasteiger charge is 2.14. The number of phenolic OH excluding ortho intramolecular Hbond substituents is 1. The van der Waals surface area contributed by atoms with E-state index in [1.54, 1.807) is 18.2 Å². The van der Waals surface area contributed by atoms with Gasteiger partial charge in [-0.25, -0.2) is 0 Å². The largest absolute Gasteiger partial charge is 0.504 e. The Labute approximate surface area is 221 Å². The minimum Gasteiger partial charge on any atom is -0.504 e. The van der Waals surface area contributed by atoms with Gasteiger partial charge in [0.25, 0.3) is 0 Å². The van der Waals surface area contributed by atoms with Gasteiger partial charge in [-0.15, -0.1) is 0 Å². The van der Waals surface area contributed by atoms with Gasteiger partial charge in [0.2, 0.25) is 0 Å². The van der Waals surface area contributed by atoms with Crippen molar-refractivity contribution in [2.75, 3.05) is 26.9 Å². The number of allylic oxidation sites excluding steroid dienone is 2. The number of ether oxygens (including phenoxy) is 3. The molecule has 208 valence electrons. The van der Waals surface area contributed by atoms with Gasteiger partial charge in [-0.3, -0.25) is 0 Å². The summed E-state index contributed by atoms with van der Waals surface area (Å²) >= 11 is 0. The Balaban J connectivity index is 2.10. The molecule has 36 heavy (non-hydrogen) atoms. The van der Waals surface area contributed by atoms with Crippen LogP contribution in [-0.2, 0) is 15.9 Å². The summed E-state index contributed by atoms with van der Waals surface area (Å²) in [5.41, 5.74) is 2.32. The van der Waals surface area contributed by atoms with Gasteiger partial charge in [-0.2, -0.15) is 0 Å². The van der Waals surface area contributed by atoms with Crippen LogP contribution in [0.25, 0.3) is 0 Å². The van der Waals surface area contributed by atoms with Crippen molar-refractivity contribution in [3.8, 4) is 11.5 Å². The summed E-state index contributed by atoms with van der Waals surface area (Å²) in [5, 5.41) is 19.9. The van der Waals surface area contributed by atoms with E-state index in [1.165, 1.54) is 44.8 Å². The molecular weight excluding hydrogens is 452 g/mol. The van der Waals surface area contributed by atoms with E-state index in [-0.39, 0.29) is 5.75 Å². The standard InChI is InChI=1S/C31H54O5/c1-23(2)10-8-11-25(4)17-19-36-27(6)26(5)13-9-12-24(3)16-18-35-22-29(32)20-28-14-15-30(33)31(21-28)34-7/h10,14-15,21,24-27,29,32-33H,8-9,11-13,16-20,22H2,1-7H3. The van der Waals surface area contributed by atoms with E-state index < -0.39 is 6.10 Å². The summed E-state index contributed by atoms with van der Waals surface area (Å²) in [7, 11) is 1.52. The predicted molar refractivity (Wildman–Crippen MR) is 150 cm³/mol. The lowest BCUT2D eigenvalue weighted by atomic mass is 9.94. The van der Waals surface area contributed by atoms with Gasteiger partial charge < -0.3 is 24.4 Å². The van der Waals surface area contributed by atoms with E-state index in [1.807, 2.05) is 0 Å². The van der Waals surface area contributed by atoms with Crippen LogP contribution in [0, 0.1) is 17.8 Å². The van der Waals surface area contributed by atoms with Crippen molar-refractivity contribution in [3.63, 3.8) is 0 Å². The maximum absolute atomic E-state index is 10.3. The summed E-state index contributed by atoms with van der Waals surface area (Å²) in [4.78, 5) is 0. The van der Waals surface area contributed by atoms with Crippen LogP contribution in [0.4, 0.5) is 0 Å². The molecule has 1 aromatic carbocycles. The normalized spacial score (nSPS) is 15.7. The molecule has 5 heteroatoms. The molecule has 0 aliphatic rings. The second-order valence-electron chi connectivity index (χ2n) is 11.1. The Hall–Kier alpha value is -1.56. The highest BCUT2D eigenvalue weighted by Crippen LogP contribution is 2.27. The third-order valence-corrected chi connectivity index (χ3v) is 7.14. The van der Waals surface area contributed by atoms with Gasteiger partial charge in [0, 0.05) is 19.6 Å². The molecule has 0 saturated carbocycles. The van der Waals surface area contributed by atoms with Crippen LogP contribution >= 0.6 is 0 Å². The topological polar surface area (TPSA) is 68.2 Å². The first-order valence-electron chi connectivity index (χ1n) is 14.0. The molecule has 0 heterocycles. The first-order chi connectivity index (χ1) is 17.1. The SMILES string of the molecule is COc1cc(CC(O)COCCC(C)CCCC(C)C(C)OCCC(C)CCC=C(C)C)ccc1O. The van der Waals surface area contributed by atoms with E-state index >= 15 is 0 Å². The molecule has 0 aliphatic carbocycles. The molecule has 0 bridgehead atoms. The molecule has 0 radical (unpaired) electrons. The zero-order chi connectivity index (χ0) is 26.9. The summed E-state index contributed by atoms with van der Waals surface area (Å²) in [6.07, 6.45) is 10.7. The zero-order valence-electron chi connectivity index (χ0n) is 24.1. The molecule has 0 spiro atoms. The summed E-state index contributed by atoms with van der Waals surface area (Å²) < 4.78 is 17.0. The first kappa shape index (κ1) is 32.5. The lowest BCUT2D eigenvalue weighted by Gasteiger charge is -2.22. The number of aliphatic hydroxyl groups excluding tert-OH is 1. The quantitative estimate of drug-likeness (QED) is 0.143. The Kier molecular flexibility index (Phi) is 16.8. The Morgan fingerprint density at radius 3 is 2.33 bits per heavy atom. The number of benzene rings is 1. The molecule has 0 saturated heterocycles. The van der Waals surface area contributed by atoms with Crippen LogP contribution in [0.5, 0.6) is 11.5 Å². The van der Waals surface area contributed by atoms with Crippen molar-refractivity contribution in [2.24, 2.45) is 17.8 Å². The van der Waals surface area contributed by atoms with Crippen molar-refractivity contribution in [3.05, 3.63) is 35.4 Å². The Morgan fingerprint density at radius 1 is 0.944 bits per heavy atom. The van der Waals surface area contributed by atoms with Crippen molar-refractivity contribution in [1.29, 1.82) is 0 Å². The molecule has 0 fully saturated rings. The number of methoxy groups -OCH3 is 1. The Bertz CT molecular complexity index is 728. The van der Waals surface area contributed by atoms with Gasteiger partial charge >= 0.3 is 0 Å². The van der Waals surface area contributed by atoms with E-state index in [4.69, 9.17) is 14.2 Å². The average molecular weight is 507 g/mol. The first-order valence-corrected chi connectivity index (χ1v) is 14.0. The third-order valence-electron chi connectivity index (χ3n) is 7.14.